The van der Waals surface area contributed by atoms with Gasteiger partial charge < -0.3 is 10.4 Å². The molecule has 0 atom stereocenters. The number of hydrogen-bond acceptors (Lipinski definition) is 4. The lowest BCUT2D eigenvalue weighted by Crippen LogP contribution is -2.21. The number of carbonyl (C=O) groups excluding carboxylic acids is 1. The number of thiophene rings is 1. The molecule has 0 aliphatic carbocycles. The van der Waals surface area contributed by atoms with Crippen molar-refractivity contribution < 1.29 is 36.6 Å². The molecule has 3 rings (SSSR count). The lowest BCUT2D eigenvalue weighted by atomic mass is 10.1. The van der Waals surface area contributed by atoms with Crippen molar-refractivity contribution in [2.24, 2.45) is 0 Å². The number of aliphatic carboxylic acids is 1. The maximum Gasteiger partial charge on any atom is 0.490 e. The van der Waals surface area contributed by atoms with E-state index in [1.54, 1.807) is 18.5 Å². The number of benzene rings is 1. The summed E-state index contributed by atoms with van der Waals surface area (Å²) in [6, 6.07) is 9.36. The molecule has 2 heterocycles. The third-order valence-electron chi connectivity index (χ3n) is 3.48. The van der Waals surface area contributed by atoms with Gasteiger partial charge in [0.2, 0.25) is 5.91 Å². The second kappa shape index (κ2) is 10.4. The fourth-order valence-corrected chi connectivity index (χ4v) is 2.88. The molecule has 3 aromatic rings. The molecule has 2 aromatic heterocycles. The van der Waals surface area contributed by atoms with Crippen LogP contribution in [0.25, 0.3) is 17.2 Å². The van der Waals surface area contributed by atoms with E-state index in [9.17, 15) is 26.7 Å². The van der Waals surface area contributed by atoms with Gasteiger partial charge >= 0.3 is 12.1 Å². The van der Waals surface area contributed by atoms with Gasteiger partial charge in [-0.05, 0) is 52.9 Å². The second-order valence-electron chi connectivity index (χ2n) is 5.70. The Bertz CT molecular complexity index is 1080. The normalized spacial score (nSPS) is 11.0. The number of alkyl halides is 3. The highest BCUT2D eigenvalue weighted by molar-refractivity contribution is 7.11. The summed E-state index contributed by atoms with van der Waals surface area (Å²) < 4.78 is 58.3. The first-order valence-corrected chi connectivity index (χ1v) is 9.18. The van der Waals surface area contributed by atoms with Gasteiger partial charge in [0.1, 0.15) is 0 Å². The summed E-state index contributed by atoms with van der Waals surface area (Å²) in [4.78, 5) is 25.6. The highest BCUT2D eigenvalue weighted by Gasteiger charge is 2.38. The van der Waals surface area contributed by atoms with Crippen molar-refractivity contribution in [3.63, 3.8) is 0 Å². The Morgan fingerprint density at radius 3 is 2.32 bits per heavy atom. The van der Waals surface area contributed by atoms with Crippen molar-refractivity contribution in [1.82, 2.24) is 4.98 Å². The highest BCUT2D eigenvalue weighted by atomic mass is 32.1. The molecule has 1 aromatic carbocycles. The molecule has 0 fully saturated rings. The average molecular weight is 456 g/mol. The lowest BCUT2D eigenvalue weighted by Gasteiger charge is -2.03. The standard InChI is InChI=1S/C18H12F2N2OS.C2HF3O2/c19-15-2-1-3-16(18(15)20)22-17(23)5-4-14-10-13(11-24-14)12-6-8-21-9-7-12;3-2(4,5)1(6)7/h1-11H,(H,22,23);(H,6,7). The molecule has 0 unspecified atom stereocenters. The number of nitrogens with zero attached hydrogens (tertiary/aromatic N) is 1. The molecule has 0 aliphatic rings. The van der Waals surface area contributed by atoms with Crippen molar-refractivity contribution in [2.75, 3.05) is 5.32 Å². The van der Waals surface area contributed by atoms with Gasteiger partial charge in [-0.15, -0.1) is 11.3 Å². The molecule has 0 spiro atoms. The minimum Gasteiger partial charge on any atom is -0.475 e. The Labute approximate surface area is 176 Å². The van der Waals surface area contributed by atoms with E-state index in [0.29, 0.717) is 0 Å². The molecular weight excluding hydrogens is 443 g/mol. The van der Waals surface area contributed by atoms with Crippen molar-refractivity contribution in [1.29, 1.82) is 0 Å². The van der Waals surface area contributed by atoms with Crippen LogP contribution in [-0.4, -0.2) is 28.1 Å². The van der Waals surface area contributed by atoms with E-state index in [0.717, 1.165) is 22.1 Å². The van der Waals surface area contributed by atoms with E-state index in [2.05, 4.69) is 10.3 Å². The van der Waals surface area contributed by atoms with Gasteiger partial charge in [-0.1, -0.05) is 6.07 Å². The quantitative estimate of drug-likeness (QED) is 0.409. The van der Waals surface area contributed by atoms with Crippen molar-refractivity contribution in [2.45, 2.75) is 6.18 Å². The largest absolute Gasteiger partial charge is 0.490 e. The number of halogens is 5. The Hall–Kier alpha value is -3.60. The highest BCUT2D eigenvalue weighted by Crippen LogP contribution is 2.26. The Balaban J connectivity index is 0.000000423. The Morgan fingerprint density at radius 1 is 1.06 bits per heavy atom. The molecule has 0 bridgehead atoms. The van der Waals surface area contributed by atoms with Crippen LogP contribution in [0, 0.1) is 11.6 Å². The summed E-state index contributed by atoms with van der Waals surface area (Å²) in [5.74, 6) is -5.36. The number of aromatic nitrogens is 1. The van der Waals surface area contributed by atoms with Crippen LogP contribution in [0.1, 0.15) is 4.88 Å². The number of carbonyl (C=O) groups is 2. The Morgan fingerprint density at radius 2 is 1.71 bits per heavy atom. The van der Waals surface area contributed by atoms with Gasteiger partial charge in [0.15, 0.2) is 11.6 Å². The predicted molar refractivity (Wildman–Crippen MR) is 105 cm³/mol. The summed E-state index contributed by atoms with van der Waals surface area (Å²) in [7, 11) is 0. The SMILES string of the molecule is O=C(C=Cc1cc(-c2ccncc2)cs1)Nc1cccc(F)c1F.O=C(O)C(F)(F)F. The van der Waals surface area contributed by atoms with Crippen molar-refractivity contribution >= 4 is 35.0 Å². The summed E-state index contributed by atoms with van der Waals surface area (Å²) in [5.41, 5.74) is 1.87. The molecule has 2 N–H and O–H groups in total. The van der Waals surface area contributed by atoms with Crippen molar-refractivity contribution in [3.8, 4) is 11.1 Å². The average Bonchev–Trinajstić information content (AvgIpc) is 3.19. The first-order chi connectivity index (χ1) is 14.6. The van der Waals surface area contributed by atoms with Crippen LogP contribution in [0.5, 0.6) is 0 Å². The third-order valence-corrected chi connectivity index (χ3v) is 4.38. The molecule has 31 heavy (non-hydrogen) atoms. The number of anilines is 1. The molecular formula is C20H13F5N2O3S. The van der Waals surface area contributed by atoms with Gasteiger partial charge in [0, 0.05) is 23.3 Å². The van der Waals surface area contributed by atoms with Crippen LogP contribution < -0.4 is 5.32 Å². The number of carboxylic acid groups (broad SMARTS) is 1. The number of hydrogen-bond donors (Lipinski definition) is 2. The van der Waals surface area contributed by atoms with Gasteiger partial charge in [-0.25, -0.2) is 13.6 Å². The van der Waals surface area contributed by atoms with E-state index in [4.69, 9.17) is 9.90 Å². The molecule has 5 nitrogen and oxygen atoms in total. The zero-order valence-electron chi connectivity index (χ0n) is 15.4. The maximum atomic E-state index is 13.5. The number of pyridine rings is 1. The van der Waals surface area contributed by atoms with Crippen molar-refractivity contribution in [3.05, 3.63) is 76.8 Å². The van der Waals surface area contributed by atoms with E-state index in [1.807, 2.05) is 23.6 Å². The minimum atomic E-state index is -5.08. The second-order valence-corrected chi connectivity index (χ2v) is 6.64. The summed E-state index contributed by atoms with van der Waals surface area (Å²) in [6.45, 7) is 0. The molecule has 0 radical (unpaired) electrons. The number of nitrogens with one attached hydrogen (secondary N) is 1. The molecule has 0 aliphatic heterocycles. The number of carboxylic acids is 1. The minimum absolute atomic E-state index is 0.187. The summed E-state index contributed by atoms with van der Waals surface area (Å²) >= 11 is 1.48. The van der Waals surface area contributed by atoms with Crippen LogP contribution in [-0.2, 0) is 9.59 Å². The zero-order chi connectivity index (χ0) is 23.0. The van der Waals surface area contributed by atoms with Gasteiger partial charge in [-0.3, -0.25) is 9.78 Å². The van der Waals surface area contributed by atoms with Crippen LogP contribution in [0.3, 0.4) is 0 Å². The maximum absolute atomic E-state index is 13.5. The Kier molecular flexibility index (Phi) is 7.97. The van der Waals surface area contributed by atoms with E-state index in [-0.39, 0.29) is 5.69 Å². The monoisotopic (exact) mass is 456 g/mol. The predicted octanol–water partition coefficient (Wildman–Crippen LogP) is 5.37. The third kappa shape index (κ3) is 7.30. The topological polar surface area (TPSA) is 79.3 Å². The summed E-state index contributed by atoms with van der Waals surface area (Å²) in [5, 5.41) is 11.4. The summed E-state index contributed by atoms with van der Waals surface area (Å²) in [6.07, 6.45) is 1.25. The van der Waals surface area contributed by atoms with E-state index in [1.165, 1.54) is 29.5 Å². The zero-order valence-corrected chi connectivity index (χ0v) is 16.2. The van der Waals surface area contributed by atoms with E-state index < -0.39 is 29.7 Å². The fraction of sp³-hybridized carbons (Fsp3) is 0.0500. The smallest absolute Gasteiger partial charge is 0.475 e. The van der Waals surface area contributed by atoms with Crippen LogP contribution in [0.15, 0.2) is 60.2 Å². The van der Waals surface area contributed by atoms with E-state index >= 15 is 0 Å². The van der Waals surface area contributed by atoms with Crippen LogP contribution in [0.4, 0.5) is 27.6 Å². The van der Waals surface area contributed by atoms with Gasteiger partial charge in [0.25, 0.3) is 0 Å². The molecule has 1 amide bonds. The van der Waals surface area contributed by atoms with Crippen LogP contribution >= 0.6 is 11.3 Å². The molecule has 11 heteroatoms. The van der Waals surface area contributed by atoms with Gasteiger partial charge in [0.05, 0.1) is 5.69 Å². The molecule has 0 saturated carbocycles. The van der Waals surface area contributed by atoms with Crippen LogP contribution in [0.2, 0.25) is 0 Å². The molecule has 162 valence electrons. The number of amides is 1. The molecule has 0 saturated heterocycles. The fourth-order valence-electron chi connectivity index (χ4n) is 2.07. The van der Waals surface area contributed by atoms with Gasteiger partial charge in [-0.2, -0.15) is 13.2 Å². The first kappa shape index (κ1) is 23.7. The first-order valence-electron chi connectivity index (χ1n) is 8.30. The number of rotatable bonds is 4. The lowest BCUT2D eigenvalue weighted by molar-refractivity contribution is -0.192.